The monoisotopic (exact) mass is 361 g/mol. The van der Waals surface area contributed by atoms with Crippen molar-refractivity contribution in [1.82, 2.24) is 0 Å². The summed E-state index contributed by atoms with van der Waals surface area (Å²) in [5.41, 5.74) is 1.50. The predicted octanol–water partition coefficient (Wildman–Crippen LogP) is 1.46. The summed E-state index contributed by atoms with van der Waals surface area (Å²) in [6, 6.07) is 8.85. The van der Waals surface area contributed by atoms with Gasteiger partial charge >= 0.3 is 88.6 Å². The van der Waals surface area contributed by atoms with Crippen LogP contribution >= 0.6 is 0 Å². The second kappa shape index (κ2) is 2.99. The van der Waals surface area contributed by atoms with Gasteiger partial charge in [-0.05, 0) is 0 Å². The summed E-state index contributed by atoms with van der Waals surface area (Å²) in [6.07, 6.45) is 8.85. The second-order valence-corrected chi connectivity index (χ2v) is 7.76. The number of allylic oxidation sites excluding steroid dienone is 4. The van der Waals surface area contributed by atoms with Crippen molar-refractivity contribution in [2.45, 2.75) is 0 Å². The van der Waals surface area contributed by atoms with Gasteiger partial charge in [0.05, 0.1) is 0 Å². The van der Waals surface area contributed by atoms with Gasteiger partial charge < -0.3 is 0 Å². The summed E-state index contributed by atoms with van der Waals surface area (Å²) >= 11 is -0.539. The number of hydrogen-bond acceptors (Lipinski definition) is 0. The minimum absolute atomic E-state index is 0.539. The molecule has 1 radical (unpaired) electrons. The second-order valence-electron chi connectivity index (χ2n) is 3.15. The van der Waals surface area contributed by atoms with E-state index < -0.39 is 22.8 Å². The van der Waals surface area contributed by atoms with E-state index >= 15 is 0 Å². The summed E-state index contributed by atoms with van der Waals surface area (Å²) in [5.74, 6) is 0. The molecule has 1 aliphatic carbocycles. The van der Waals surface area contributed by atoms with Crippen molar-refractivity contribution in [2.75, 3.05) is 0 Å². The predicted molar refractivity (Wildman–Crippen MR) is 55.6 cm³/mol. The van der Waals surface area contributed by atoms with Crippen molar-refractivity contribution in [2.24, 2.45) is 0 Å². The van der Waals surface area contributed by atoms with Crippen molar-refractivity contribution in [3.8, 4) is 0 Å². The van der Waals surface area contributed by atoms with Crippen LogP contribution in [0.1, 0.15) is 0 Å². The number of hydrogen-bond donors (Lipinski definition) is 0. The number of benzene rings is 1. The average molecular weight is 361 g/mol. The van der Waals surface area contributed by atoms with Crippen molar-refractivity contribution >= 4 is 28.3 Å². The Morgan fingerprint density at radius 1 is 1.00 bits per heavy atom. The first-order valence-corrected chi connectivity index (χ1v) is 7.83. The fourth-order valence-electron chi connectivity index (χ4n) is 1.73. The van der Waals surface area contributed by atoms with E-state index in [-0.39, 0.29) is 0 Å². The van der Waals surface area contributed by atoms with Crippen LogP contribution in [0.3, 0.4) is 0 Å². The van der Waals surface area contributed by atoms with E-state index in [1.807, 2.05) is 0 Å². The van der Waals surface area contributed by atoms with Crippen LogP contribution < -0.4 is 5.22 Å². The Hall–Kier alpha value is -0.547. The zero-order valence-corrected chi connectivity index (χ0v) is 10.5. The third-order valence-corrected chi connectivity index (χ3v) is 7.24. The molecule has 0 amide bonds. The first kappa shape index (κ1) is 7.82. The number of rotatable bonds is 0. The fraction of sp³-hybridized carbons (Fsp3) is 0. The summed E-state index contributed by atoms with van der Waals surface area (Å²) in [6.45, 7) is 0. The van der Waals surface area contributed by atoms with Gasteiger partial charge in [0.2, 0.25) is 0 Å². The molecule has 0 aromatic heterocycles. The normalized spacial score (nSPS) is 17.5. The molecule has 0 fully saturated rings. The molecule has 2 aliphatic rings. The van der Waals surface area contributed by atoms with Crippen molar-refractivity contribution in [3.63, 3.8) is 0 Å². The molecule has 1 heterocycles. The van der Waals surface area contributed by atoms with Crippen LogP contribution in [-0.2, 0) is 0 Å². The van der Waals surface area contributed by atoms with E-state index in [0.29, 0.717) is 0 Å². The first-order chi connectivity index (χ1) is 6.45. The van der Waals surface area contributed by atoms with Crippen molar-refractivity contribution in [3.05, 3.63) is 60.3 Å². The molecule has 0 nitrogen and oxygen atoms in total. The molecule has 0 saturated heterocycles. The molecule has 0 atom stereocenters. The van der Waals surface area contributed by atoms with Crippen molar-refractivity contribution in [1.29, 1.82) is 0 Å². The molecule has 3 rings (SSSR count). The molecule has 0 saturated carbocycles. The van der Waals surface area contributed by atoms with E-state index in [2.05, 4.69) is 48.9 Å². The first-order valence-electron chi connectivity index (χ1n) is 4.35. The van der Waals surface area contributed by atoms with Crippen LogP contribution in [0, 0.1) is 9.27 Å². The molecule has 0 bridgehead atoms. The van der Waals surface area contributed by atoms with Gasteiger partial charge in [-0.25, -0.2) is 0 Å². The van der Waals surface area contributed by atoms with E-state index in [4.69, 9.17) is 0 Å². The van der Waals surface area contributed by atoms with E-state index in [1.54, 1.807) is 6.13 Å². The Bertz CT molecular complexity index is 532. The van der Waals surface area contributed by atoms with Gasteiger partial charge in [-0.15, -0.1) is 0 Å². The zero-order valence-electron chi connectivity index (χ0n) is 7.07. The van der Waals surface area contributed by atoms with Crippen LogP contribution in [0.5, 0.6) is 0 Å². The van der Waals surface area contributed by atoms with Gasteiger partial charge in [-0.3, -0.25) is 0 Å². The van der Waals surface area contributed by atoms with Gasteiger partial charge in [-0.1, -0.05) is 0 Å². The van der Waals surface area contributed by atoms with Crippen LogP contribution in [-0.4, -0.2) is 22.8 Å². The molecular weight excluding hydrogens is 353 g/mol. The minimum atomic E-state index is -0.539. The molecule has 0 spiro atoms. The van der Waals surface area contributed by atoms with Crippen molar-refractivity contribution < 1.29 is 0 Å². The maximum absolute atomic E-state index is 2.30. The fourth-order valence-corrected chi connectivity index (χ4v) is 6.44. The van der Waals surface area contributed by atoms with E-state index in [9.17, 15) is 0 Å². The van der Waals surface area contributed by atoms with E-state index in [0.717, 1.165) is 0 Å². The standard InChI is InChI=1S/C12H8.Bi/c1-3-7-11(8-4-1)12-9-5-2-6-10-12;/h1-7,9H;. The molecule has 0 N–H and O–H groups in total. The van der Waals surface area contributed by atoms with Gasteiger partial charge in [0, 0.05) is 0 Å². The Morgan fingerprint density at radius 3 is 2.92 bits per heavy atom. The molecule has 1 aromatic rings. The molecular formula is C12H8Bi. The zero-order chi connectivity index (χ0) is 8.67. The van der Waals surface area contributed by atoms with Gasteiger partial charge in [0.25, 0.3) is 0 Å². The summed E-state index contributed by atoms with van der Waals surface area (Å²) in [7, 11) is 0. The van der Waals surface area contributed by atoms with Gasteiger partial charge in [0.1, 0.15) is 0 Å². The molecule has 1 heteroatoms. The maximum atomic E-state index is 2.30. The molecule has 1 aromatic carbocycles. The SMILES string of the molecule is [CH]1C=CC=[C]2[Bi]=[c]3ccccc3=C12. The summed E-state index contributed by atoms with van der Waals surface area (Å²) in [4.78, 5) is 0. The van der Waals surface area contributed by atoms with E-state index in [1.165, 1.54) is 10.8 Å². The Morgan fingerprint density at radius 2 is 1.92 bits per heavy atom. The van der Waals surface area contributed by atoms with Crippen LogP contribution in [0.4, 0.5) is 0 Å². The van der Waals surface area contributed by atoms with Crippen LogP contribution in [0.2, 0.25) is 0 Å². The Kier molecular flexibility index (Phi) is 1.80. The molecule has 61 valence electrons. The van der Waals surface area contributed by atoms with Gasteiger partial charge in [-0.2, -0.15) is 0 Å². The quantitative estimate of drug-likeness (QED) is 0.614. The summed E-state index contributed by atoms with van der Waals surface area (Å²) in [5, 5.41) is 1.50. The number of fused-ring (bicyclic) bond motifs is 2. The van der Waals surface area contributed by atoms with Gasteiger partial charge in [0.15, 0.2) is 0 Å². The molecule has 13 heavy (non-hydrogen) atoms. The van der Waals surface area contributed by atoms with Crippen LogP contribution in [0.25, 0.3) is 5.57 Å². The molecule has 1 aliphatic heterocycles. The Labute approximate surface area is 88.3 Å². The molecule has 0 unspecified atom stereocenters. The third-order valence-electron chi connectivity index (χ3n) is 2.34. The van der Waals surface area contributed by atoms with Crippen LogP contribution in [0.15, 0.2) is 45.8 Å². The third kappa shape index (κ3) is 1.18. The average Bonchev–Trinajstić information content (AvgIpc) is 2.56. The topological polar surface area (TPSA) is 0 Å². The summed E-state index contributed by atoms with van der Waals surface area (Å²) < 4.78 is 3.28. The Balaban J connectivity index is 2.46.